The summed E-state index contributed by atoms with van der Waals surface area (Å²) in [6, 6.07) is 5.37. The standard InChI is InChI=1S/C24H36FN7/c1-18-16-19(25)11-12-21(18)31-14-7-8-20(17-31)28-24(26-2)27-13-6-10-23-30-29-22-9-4-3-5-15-32(22)23/h11-12,16,20H,3-10,13-15,17H2,1-2H3,(H2,26,27,28). The topological polar surface area (TPSA) is 70.4 Å². The van der Waals surface area contributed by atoms with Crippen molar-refractivity contribution in [1.82, 2.24) is 25.4 Å². The molecule has 7 nitrogen and oxygen atoms in total. The summed E-state index contributed by atoms with van der Waals surface area (Å²) in [5, 5.41) is 15.9. The van der Waals surface area contributed by atoms with E-state index in [9.17, 15) is 4.39 Å². The zero-order valence-corrected chi connectivity index (χ0v) is 19.4. The van der Waals surface area contributed by atoms with Gasteiger partial charge in [0.1, 0.15) is 17.5 Å². The predicted molar refractivity (Wildman–Crippen MR) is 127 cm³/mol. The molecule has 1 unspecified atom stereocenters. The summed E-state index contributed by atoms with van der Waals surface area (Å²) in [4.78, 5) is 6.77. The Bertz CT molecular complexity index is 923. The van der Waals surface area contributed by atoms with E-state index in [4.69, 9.17) is 0 Å². The third-order valence-corrected chi connectivity index (χ3v) is 6.54. The van der Waals surface area contributed by atoms with Crippen molar-refractivity contribution in [2.24, 2.45) is 4.99 Å². The molecule has 0 aliphatic carbocycles. The van der Waals surface area contributed by atoms with Crippen LogP contribution in [0.3, 0.4) is 0 Å². The van der Waals surface area contributed by atoms with E-state index >= 15 is 0 Å². The molecule has 174 valence electrons. The maximum absolute atomic E-state index is 13.5. The first-order valence-electron chi connectivity index (χ1n) is 12.0. The van der Waals surface area contributed by atoms with E-state index < -0.39 is 0 Å². The average molecular weight is 442 g/mol. The van der Waals surface area contributed by atoms with Crippen molar-refractivity contribution in [3.05, 3.63) is 41.2 Å². The summed E-state index contributed by atoms with van der Waals surface area (Å²) < 4.78 is 15.8. The molecule has 4 rings (SSSR count). The number of anilines is 1. The Kier molecular flexibility index (Phi) is 7.60. The number of piperidine rings is 1. The Hall–Kier alpha value is -2.64. The SMILES string of the molecule is CN=C(NCCCc1nnc2n1CCCCC2)NC1CCCN(c2ccc(F)cc2C)C1. The molecule has 2 aliphatic rings. The quantitative estimate of drug-likeness (QED) is 0.409. The van der Waals surface area contributed by atoms with Gasteiger partial charge in [0, 0.05) is 57.8 Å². The number of aliphatic imine (C=N–C) groups is 1. The van der Waals surface area contributed by atoms with Gasteiger partial charge in [0.25, 0.3) is 0 Å². The van der Waals surface area contributed by atoms with Gasteiger partial charge >= 0.3 is 0 Å². The average Bonchev–Trinajstić information content (AvgIpc) is 3.01. The molecule has 0 radical (unpaired) electrons. The van der Waals surface area contributed by atoms with Gasteiger partial charge < -0.3 is 20.1 Å². The zero-order valence-electron chi connectivity index (χ0n) is 19.4. The molecule has 32 heavy (non-hydrogen) atoms. The van der Waals surface area contributed by atoms with E-state index in [-0.39, 0.29) is 5.82 Å². The van der Waals surface area contributed by atoms with Gasteiger partial charge in [0.05, 0.1) is 0 Å². The van der Waals surface area contributed by atoms with E-state index in [1.165, 1.54) is 19.3 Å². The van der Waals surface area contributed by atoms with Crippen LogP contribution in [-0.2, 0) is 19.4 Å². The van der Waals surface area contributed by atoms with E-state index in [0.717, 1.165) is 87.1 Å². The molecule has 1 aromatic carbocycles. The lowest BCUT2D eigenvalue weighted by Gasteiger charge is -2.36. The normalized spacial score (nSPS) is 19.4. The van der Waals surface area contributed by atoms with Crippen LogP contribution in [0, 0.1) is 12.7 Å². The summed E-state index contributed by atoms with van der Waals surface area (Å²) in [7, 11) is 1.82. The van der Waals surface area contributed by atoms with Crippen molar-refractivity contribution >= 4 is 11.6 Å². The number of aromatic nitrogens is 3. The van der Waals surface area contributed by atoms with Gasteiger partial charge in [0.2, 0.25) is 0 Å². The fraction of sp³-hybridized carbons (Fsp3) is 0.625. The van der Waals surface area contributed by atoms with E-state index in [1.807, 2.05) is 20.0 Å². The molecule has 1 saturated heterocycles. The first-order valence-corrected chi connectivity index (χ1v) is 12.0. The first kappa shape index (κ1) is 22.6. The molecule has 0 saturated carbocycles. The number of aryl methyl sites for hydroxylation is 3. The highest BCUT2D eigenvalue weighted by molar-refractivity contribution is 5.80. The summed E-state index contributed by atoms with van der Waals surface area (Å²) in [5.74, 6) is 2.93. The Balaban J connectivity index is 1.24. The Labute approximate surface area is 190 Å². The van der Waals surface area contributed by atoms with Gasteiger partial charge in [-0.1, -0.05) is 6.42 Å². The largest absolute Gasteiger partial charge is 0.369 e. The second kappa shape index (κ2) is 10.8. The zero-order chi connectivity index (χ0) is 22.3. The van der Waals surface area contributed by atoms with Crippen LogP contribution in [0.2, 0.25) is 0 Å². The molecule has 0 bridgehead atoms. The molecule has 1 atom stereocenters. The second-order valence-corrected chi connectivity index (χ2v) is 8.96. The van der Waals surface area contributed by atoms with Gasteiger partial charge in [-0.05, 0) is 62.8 Å². The minimum Gasteiger partial charge on any atom is -0.369 e. The summed E-state index contributed by atoms with van der Waals surface area (Å²) >= 11 is 0. The lowest BCUT2D eigenvalue weighted by molar-refractivity contribution is 0.467. The van der Waals surface area contributed by atoms with Crippen LogP contribution >= 0.6 is 0 Å². The van der Waals surface area contributed by atoms with Gasteiger partial charge in [-0.15, -0.1) is 10.2 Å². The number of nitrogens with one attached hydrogen (secondary N) is 2. The van der Waals surface area contributed by atoms with Crippen molar-refractivity contribution in [2.45, 2.75) is 70.9 Å². The second-order valence-electron chi connectivity index (χ2n) is 8.96. The van der Waals surface area contributed by atoms with Crippen LogP contribution in [0.15, 0.2) is 23.2 Å². The molecule has 2 aliphatic heterocycles. The maximum Gasteiger partial charge on any atom is 0.191 e. The van der Waals surface area contributed by atoms with Crippen molar-refractivity contribution in [1.29, 1.82) is 0 Å². The molecule has 0 amide bonds. The number of hydrogen-bond donors (Lipinski definition) is 2. The number of fused-ring (bicyclic) bond motifs is 1. The monoisotopic (exact) mass is 441 g/mol. The number of halogens is 1. The summed E-state index contributed by atoms with van der Waals surface area (Å²) in [5.41, 5.74) is 2.10. The molecule has 1 fully saturated rings. The number of benzene rings is 1. The first-order chi connectivity index (χ1) is 15.6. The highest BCUT2D eigenvalue weighted by Gasteiger charge is 2.22. The van der Waals surface area contributed by atoms with Gasteiger partial charge in [-0.2, -0.15) is 0 Å². The summed E-state index contributed by atoms with van der Waals surface area (Å²) in [6.45, 7) is 5.76. The van der Waals surface area contributed by atoms with Crippen LogP contribution in [0.5, 0.6) is 0 Å². The Morgan fingerprint density at radius 3 is 2.94 bits per heavy atom. The van der Waals surface area contributed by atoms with E-state index in [0.29, 0.717) is 6.04 Å². The predicted octanol–water partition coefficient (Wildman–Crippen LogP) is 3.22. The lowest BCUT2D eigenvalue weighted by Crippen LogP contribution is -2.51. The van der Waals surface area contributed by atoms with Crippen LogP contribution in [0.4, 0.5) is 10.1 Å². The van der Waals surface area contributed by atoms with Gasteiger partial charge in [-0.3, -0.25) is 4.99 Å². The fourth-order valence-electron chi connectivity index (χ4n) is 4.86. The molecule has 3 heterocycles. The molecule has 8 heteroatoms. The van der Waals surface area contributed by atoms with Gasteiger partial charge in [0.15, 0.2) is 5.96 Å². The number of hydrogen-bond acceptors (Lipinski definition) is 4. The minimum atomic E-state index is -0.176. The molecule has 2 aromatic rings. The third kappa shape index (κ3) is 5.58. The Morgan fingerprint density at radius 1 is 1.19 bits per heavy atom. The van der Waals surface area contributed by atoms with Crippen LogP contribution in [0.25, 0.3) is 0 Å². The van der Waals surface area contributed by atoms with Crippen LogP contribution in [-0.4, -0.2) is 53.4 Å². The highest BCUT2D eigenvalue weighted by Crippen LogP contribution is 2.24. The molecular weight excluding hydrogens is 405 g/mol. The minimum absolute atomic E-state index is 0.176. The number of guanidine groups is 1. The van der Waals surface area contributed by atoms with Crippen molar-refractivity contribution in [3.8, 4) is 0 Å². The van der Waals surface area contributed by atoms with Gasteiger partial charge in [-0.25, -0.2) is 4.39 Å². The fourth-order valence-corrected chi connectivity index (χ4v) is 4.86. The molecule has 0 spiro atoms. The van der Waals surface area contributed by atoms with E-state index in [1.54, 1.807) is 12.1 Å². The molecule has 2 N–H and O–H groups in total. The van der Waals surface area contributed by atoms with Crippen LogP contribution < -0.4 is 15.5 Å². The van der Waals surface area contributed by atoms with Crippen LogP contribution in [0.1, 0.15) is 55.7 Å². The van der Waals surface area contributed by atoms with Crippen molar-refractivity contribution in [2.75, 3.05) is 31.6 Å². The van der Waals surface area contributed by atoms with E-state index in [2.05, 4.69) is 35.3 Å². The maximum atomic E-state index is 13.5. The highest BCUT2D eigenvalue weighted by atomic mass is 19.1. The molecular formula is C24H36FN7. The molecule has 1 aromatic heterocycles. The smallest absolute Gasteiger partial charge is 0.191 e. The number of rotatable bonds is 6. The van der Waals surface area contributed by atoms with Crippen molar-refractivity contribution < 1.29 is 4.39 Å². The third-order valence-electron chi connectivity index (χ3n) is 6.54. The van der Waals surface area contributed by atoms with Crippen molar-refractivity contribution in [3.63, 3.8) is 0 Å². The number of nitrogens with zero attached hydrogens (tertiary/aromatic N) is 5. The summed E-state index contributed by atoms with van der Waals surface area (Å²) in [6.07, 6.45) is 8.91. The Morgan fingerprint density at radius 2 is 2.09 bits per heavy atom. The lowest BCUT2D eigenvalue weighted by atomic mass is 10.0.